The zero-order valence-electron chi connectivity index (χ0n) is 24.7. The average molecular weight is 601 g/mol. The lowest BCUT2D eigenvalue weighted by atomic mass is 9.88. The number of hydrogen-bond donors (Lipinski definition) is 3. The molecular formula is C37H33FN4O3. The first kappa shape index (κ1) is 28.7. The van der Waals surface area contributed by atoms with Gasteiger partial charge in [0, 0.05) is 30.0 Å². The lowest BCUT2D eigenvalue weighted by molar-refractivity contribution is 0.0693. The van der Waals surface area contributed by atoms with Crippen LogP contribution < -0.4 is 11.1 Å². The Morgan fingerprint density at radius 2 is 1.69 bits per heavy atom. The molecule has 0 bridgehead atoms. The first-order chi connectivity index (χ1) is 21.9. The van der Waals surface area contributed by atoms with Crippen LogP contribution in [0.3, 0.4) is 0 Å². The quantitative estimate of drug-likeness (QED) is 0.181. The van der Waals surface area contributed by atoms with Crippen LogP contribution in [0.25, 0.3) is 16.9 Å². The molecule has 1 fully saturated rings. The second-order valence-corrected chi connectivity index (χ2v) is 12.0. The fourth-order valence-electron chi connectivity index (χ4n) is 6.50. The molecule has 1 saturated carbocycles. The third-order valence-electron chi connectivity index (χ3n) is 8.87. The van der Waals surface area contributed by atoms with Crippen LogP contribution in [-0.2, 0) is 25.8 Å². The van der Waals surface area contributed by atoms with Gasteiger partial charge in [-0.2, -0.15) is 0 Å². The number of nitrogens with two attached hydrogens (primary N) is 1. The van der Waals surface area contributed by atoms with Crippen LogP contribution in [0, 0.1) is 11.7 Å². The molecule has 2 aromatic heterocycles. The van der Waals surface area contributed by atoms with Gasteiger partial charge in [0.05, 0.1) is 17.0 Å². The normalized spacial score (nSPS) is 14.4. The lowest BCUT2D eigenvalue weighted by Crippen LogP contribution is -2.24. The fourth-order valence-corrected chi connectivity index (χ4v) is 6.50. The Kier molecular flexibility index (Phi) is 7.51. The van der Waals surface area contributed by atoms with Crippen molar-refractivity contribution in [2.75, 3.05) is 0 Å². The molecule has 0 saturated heterocycles. The summed E-state index contributed by atoms with van der Waals surface area (Å²) >= 11 is 0. The Labute approximate surface area is 260 Å². The number of carboxylic acid groups (broad SMARTS) is 1. The maximum absolute atomic E-state index is 14.0. The van der Waals surface area contributed by atoms with Crippen molar-refractivity contribution in [2.24, 2.45) is 11.7 Å². The summed E-state index contributed by atoms with van der Waals surface area (Å²) in [6.45, 7) is 0.334. The van der Waals surface area contributed by atoms with Gasteiger partial charge in [0.2, 0.25) is 0 Å². The number of rotatable bonds is 9. The first-order valence-electron chi connectivity index (χ1n) is 15.3. The van der Waals surface area contributed by atoms with E-state index in [4.69, 9.17) is 5.73 Å². The third-order valence-corrected chi connectivity index (χ3v) is 8.87. The Bertz CT molecular complexity index is 1910. The second kappa shape index (κ2) is 11.8. The maximum atomic E-state index is 14.0. The number of aromatic carboxylic acids is 1. The maximum Gasteiger partial charge on any atom is 0.337 e. The summed E-state index contributed by atoms with van der Waals surface area (Å²) in [7, 11) is 0. The van der Waals surface area contributed by atoms with Crippen molar-refractivity contribution >= 4 is 11.9 Å². The van der Waals surface area contributed by atoms with Crippen LogP contribution >= 0.6 is 0 Å². The van der Waals surface area contributed by atoms with Crippen molar-refractivity contribution in [1.82, 2.24) is 14.9 Å². The van der Waals surface area contributed by atoms with E-state index >= 15 is 0 Å². The molecule has 2 heterocycles. The van der Waals surface area contributed by atoms with E-state index in [0.717, 1.165) is 41.5 Å². The molecule has 1 unspecified atom stereocenters. The van der Waals surface area contributed by atoms with E-state index in [-0.39, 0.29) is 28.9 Å². The fraction of sp³-hybridized carbons (Fsp3) is 0.216. The number of amides is 1. The highest BCUT2D eigenvalue weighted by Gasteiger charge is 2.39. The molecule has 4 N–H and O–H groups in total. The van der Waals surface area contributed by atoms with Gasteiger partial charge in [-0.3, -0.25) is 9.78 Å². The van der Waals surface area contributed by atoms with Crippen LogP contribution in [-0.4, -0.2) is 26.5 Å². The standard InChI is InChI=1S/C37H33FN4O3/c38-27-12-14-28(15-13-27)42-34-29(32(37(44)45)35(42)33(39)25-9-10-25)16-11-26-21-40-31(19-30(26)34)36(43)41-20-24-8-4-7-23(18-24)17-22-5-2-1-3-6-22/h1-8,12-15,18-19,21,25,33H,9-11,16-17,20,39H2,(H,41,43)(H,44,45). The SMILES string of the molecule is NC(c1c(C(=O)O)c2c(n1-c1ccc(F)cc1)-c1cc(C(=O)NCc3cccc(Cc4ccccc4)c3)ncc1CC2)C1CC1. The average Bonchev–Trinajstić information content (AvgIpc) is 3.84. The van der Waals surface area contributed by atoms with Gasteiger partial charge in [-0.15, -0.1) is 0 Å². The lowest BCUT2D eigenvalue weighted by Gasteiger charge is -2.22. The van der Waals surface area contributed by atoms with Gasteiger partial charge in [0.25, 0.3) is 5.91 Å². The number of nitrogens with zero attached hydrogens (tertiary/aromatic N) is 2. The summed E-state index contributed by atoms with van der Waals surface area (Å²) in [5.41, 5.74) is 14.7. The predicted octanol–water partition coefficient (Wildman–Crippen LogP) is 6.41. The van der Waals surface area contributed by atoms with Crippen LogP contribution in [0.4, 0.5) is 4.39 Å². The topological polar surface area (TPSA) is 110 Å². The molecule has 1 amide bonds. The molecule has 7 rings (SSSR count). The molecule has 45 heavy (non-hydrogen) atoms. The molecule has 1 atom stereocenters. The van der Waals surface area contributed by atoms with Gasteiger partial charge in [-0.25, -0.2) is 9.18 Å². The highest BCUT2D eigenvalue weighted by molar-refractivity contribution is 5.97. The van der Waals surface area contributed by atoms with Gasteiger partial charge in [0.1, 0.15) is 11.5 Å². The number of halogens is 1. The van der Waals surface area contributed by atoms with Crippen LogP contribution in [0.2, 0.25) is 0 Å². The Morgan fingerprint density at radius 3 is 2.42 bits per heavy atom. The summed E-state index contributed by atoms with van der Waals surface area (Å²) in [4.78, 5) is 30.7. The first-order valence-corrected chi connectivity index (χ1v) is 15.3. The number of pyridine rings is 1. The van der Waals surface area contributed by atoms with Crippen molar-refractivity contribution in [3.8, 4) is 16.9 Å². The van der Waals surface area contributed by atoms with E-state index in [9.17, 15) is 19.1 Å². The molecule has 0 aliphatic heterocycles. The number of fused-ring (bicyclic) bond motifs is 3. The van der Waals surface area contributed by atoms with Crippen molar-refractivity contribution < 1.29 is 19.1 Å². The summed E-state index contributed by atoms with van der Waals surface area (Å²) in [6, 6.07) is 25.6. The van der Waals surface area contributed by atoms with E-state index < -0.39 is 12.0 Å². The zero-order chi connectivity index (χ0) is 31.1. The largest absolute Gasteiger partial charge is 0.478 e. The van der Waals surface area contributed by atoms with Crippen molar-refractivity contribution in [1.29, 1.82) is 0 Å². The second-order valence-electron chi connectivity index (χ2n) is 12.0. The van der Waals surface area contributed by atoms with Gasteiger partial charge >= 0.3 is 5.97 Å². The number of nitrogens with one attached hydrogen (secondary N) is 1. The van der Waals surface area contributed by atoms with Crippen molar-refractivity contribution in [3.05, 3.63) is 142 Å². The molecule has 5 aromatic rings. The number of aromatic nitrogens is 2. The zero-order valence-corrected chi connectivity index (χ0v) is 24.7. The molecule has 0 radical (unpaired) electrons. The Hall–Kier alpha value is -5.08. The Morgan fingerprint density at radius 1 is 0.956 bits per heavy atom. The van der Waals surface area contributed by atoms with E-state index in [1.807, 2.05) is 34.9 Å². The minimum Gasteiger partial charge on any atom is -0.478 e. The number of hydrogen-bond acceptors (Lipinski definition) is 4. The highest BCUT2D eigenvalue weighted by Crippen LogP contribution is 2.47. The summed E-state index contributed by atoms with van der Waals surface area (Å²) in [6.07, 6.45) is 5.44. The van der Waals surface area contributed by atoms with E-state index in [1.165, 1.54) is 17.7 Å². The minimum atomic E-state index is -1.04. The highest BCUT2D eigenvalue weighted by atomic mass is 19.1. The van der Waals surface area contributed by atoms with Gasteiger partial charge in [-0.1, -0.05) is 54.6 Å². The molecule has 7 nitrogen and oxygen atoms in total. The molecular weight excluding hydrogens is 567 g/mol. The van der Waals surface area contributed by atoms with Crippen molar-refractivity contribution in [3.63, 3.8) is 0 Å². The van der Waals surface area contributed by atoms with Crippen LogP contribution in [0.1, 0.15) is 73.2 Å². The monoisotopic (exact) mass is 600 g/mol. The van der Waals surface area contributed by atoms with E-state index in [1.54, 1.807) is 24.4 Å². The van der Waals surface area contributed by atoms with Gasteiger partial charge in [0.15, 0.2) is 0 Å². The summed E-state index contributed by atoms with van der Waals surface area (Å²) < 4.78 is 15.9. The summed E-state index contributed by atoms with van der Waals surface area (Å²) in [5.74, 6) is -1.57. The van der Waals surface area contributed by atoms with Crippen molar-refractivity contribution in [2.45, 2.75) is 44.7 Å². The predicted molar refractivity (Wildman–Crippen MR) is 170 cm³/mol. The molecule has 0 spiro atoms. The van der Waals surface area contributed by atoms with Gasteiger partial charge < -0.3 is 20.7 Å². The third kappa shape index (κ3) is 5.65. The Balaban J connectivity index is 1.23. The number of carbonyl (C=O) groups excluding carboxylic acids is 1. The molecule has 2 aliphatic rings. The molecule has 226 valence electrons. The number of benzene rings is 3. The number of carbonyl (C=O) groups is 2. The van der Waals surface area contributed by atoms with E-state index in [0.29, 0.717) is 42.0 Å². The van der Waals surface area contributed by atoms with Crippen LogP contribution in [0.15, 0.2) is 91.1 Å². The van der Waals surface area contributed by atoms with E-state index in [2.05, 4.69) is 34.6 Å². The van der Waals surface area contributed by atoms with Crippen LogP contribution in [0.5, 0.6) is 0 Å². The molecule has 3 aromatic carbocycles. The molecule has 8 heteroatoms. The minimum absolute atomic E-state index is 0.183. The van der Waals surface area contributed by atoms with Gasteiger partial charge in [-0.05, 0) is 96.2 Å². The summed E-state index contributed by atoms with van der Waals surface area (Å²) in [5, 5.41) is 13.4. The molecule has 2 aliphatic carbocycles. The number of aryl methyl sites for hydroxylation is 1. The number of carboxylic acids is 1. The smallest absolute Gasteiger partial charge is 0.337 e.